The second kappa shape index (κ2) is 2.46. The van der Waals surface area contributed by atoms with Crippen molar-refractivity contribution >= 4 is 0 Å². The number of ether oxygens (including phenoxy) is 1. The second-order valence-corrected chi connectivity index (χ2v) is 4.44. The quantitative estimate of drug-likeness (QED) is 0.627. The predicted octanol–water partition coefficient (Wildman–Crippen LogP) is 1.57. The van der Waals surface area contributed by atoms with E-state index in [-0.39, 0.29) is 11.5 Å². The van der Waals surface area contributed by atoms with Crippen LogP contribution in [0.2, 0.25) is 0 Å². The molecule has 0 aromatic rings. The lowest BCUT2D eigenvalue weighted by Crippen LogP contribution is -2.60. The van der Waals surface area contributed by atoms with Crippen molar-refractivity contribution < 1.29 is 9.84 Å². The van der Waals surface area contributed by atoms with E-state index in [4.69, 9.17) is 4.74 Å². The summed E-state index contributed by atoms with van der Waals surface area (Å²) < 4.78 is 5.18. The van der Waals surface area contributed by atoms with E-state index in [1.165, 1.54) is 0 Å². The van der Waals surface area contributed by atoms with Crippen LogP contribution in [0, 0.1) is 5.41 Å². The monoisotopic (exact) mass is 158 g/mol. The number of hydrogen-bond donors (Lipinski definition) is 1. The Kier molecular flexibility index (Phi) is 2.01. The largest absolute Gasteiger partial charge is 0.387 e. The van der Waals surface area contributed by atoms with Crippen LogP contribution in [0.3, 0.4) is 0 Å². The minimum absolute atomic E-state index is 0.0440. The molecule has 2 nitrogen and oxygen atoms in total. The van der Waals surface area contributed by atoms with E-state index in [1.807, 2.05) is 0 Å². The van der Waals surface area contributed by atoms with Crippen molar-refractivity contribution in [3.05, 3.63) is 0 Å². The second-order valence-electron chi connectivity index (χ2n) is 4.44. The topological polar surface area (TPSA) is 29.5 Å². The molecule has 0 spiro atoms. The molecule has 0 aromatic heterocycles. The predicted molar refractivity (Wildman–Crippen MR) is 44.4 cm³/mol. The Hall–Kier alpha value is -0.0800. The minimum atomic E-state index is -0.595. The summed E-state index contributed by atoms with van der Waals surface area (Å²) in [5.74, 6) is 0. The van der Waals surface area contributed by atoms with Crippen molar-refractivity contribution in [2.24, 2.45) is 5.41 Å². The van der Waals surface area contributed by atoms with Gasteiger partial charge in [0.2, 0.25) is 0 Å². The molecule has 66 valence electrons. The van der Waals surface area contributed by atoms with Gasteiger partial charge in [-0.25, -0.2) is 0 Å². The van der Waals surface area contributed by atoms with Gasteiger partial charge in [0.25, 0.3) is 0 Å². The molecule has 0 heterocycles. The van der Waals surface area contributed by atoms with Crippen LogP contribution in [0.4, 0.5) is 0 Å². The number of rotatable bonds is 1. The van der Waals surface area contributed by atoms with Crippen LogP contribution in [0.5, 0.6) is 0 Å². The number of aliphatic hydroxyl groups is 1. The van der Waals surface area contributed by atoms with Gasteiger partial charge in [0.15, 0.2) is 0 Å². The van der Waals surface area contributed by atoms with Crippen LogP contribution in [0.1, 0.15) is 33.6 Å². The van der Waals surface area contributed by atoms with Crippen molar-refractivity contribution in [2.45, 2.75) is 45.3 Å². The first-order chi connectivity index (χ1) is 4.92. The van der Waals surface area contributed by atoms with E-state index in [2.05, 4.69) is 20.8 Å². The van der Waals surface area contributed by atoms with E-state index < -0.39 is 5.60 Å². The van der Waals surface area contributed by atoms with Crippen molar-refractivity contribution in [3.63, 3.8) is 0 Å². The SMILES string of the molecule is COC1CCC1(O)C(C)(C)C. The van der Waals surface area contributed by atoms with Gasteiger partial charge in [-0.05, 0) is 18.3 Å². The van der Waals surface area contributed by atoms with Crippen molar-refractivity contribution in [3.8, 4) is 0 Å². The van der Waals surface area contributed by atoms with Gasteiger partial charge in [-0.2, -0.15) is 0 Å². The van der Waals surface area contributed by atoms with Gasteiger partial charge in [0.05, 0.1) is 11.7 Å². The maximum Gasteiger partial charge on any atom is 0.0956 e. The minimum Gasteiger partial charge on any atom is -0.387 e. The molecule has 1 fully saturated rings. The van der Waals surface area contributed by atoms with Gasteiger partial charge >= 0.3 is 0 Å². The van der Waals surface area contributed by atoms with E-state index in [1.54, 1.807) is 7.11 Å². The van der Waals surface area contributed by atoms with Gasteiger partial charge in [-0.15, -0.1) is 0 Å². The van der Waals surface area contributed by atoms with Crippen LogP contribution >= 0.6 is 0 Å². The van der Waals surface area contributed by atoms with Gasteiger partial charge < -0.3 is 9.84 Å². The summed E-state index contributed by atoms with van der Waals surface area (Å²) in [5.41, 5.74) is -0.659. The highest BCUT2D eigenvalue weighted by Gasteiger charge is 2.53. The molecule has 1 rings (SSSR count). The summed E-state index contributed by atoms with van der Waals surface area (Å²) in [4.78, 5) is 0. The molecular weight excluding hydrogens is 140 g/mol. The maximum absolute atomic E-state index is 10.1. The molecule has 0 radical (unpaired) electrons. The van der Waals surface area contributed by atoms with Gasteiger partial charge in [0.1, 0.15) is 0 Å². The highest BCUT2D eigenvalue weighted by molar-refractivity contribution is 5.04. The lowest BCUT2D eigenvalue weighted by Gasteiger charge is -2.52. The Labute approximate surface area is 68.6 Å². The van der Waals surface area contributed by atoms with Gasteiger partial charge in [0, 0.05) is 7.11 Å². The third kappa shape index (κ3) is 1.18. The Morgan fingerprint density at radius 1 is 1.45 bits per heavy atom. The molecule has 0 saturated heterocycles. The lowest BCUT2D eigenvalue weighted by atomic mass is 9.62. The average molecular weight is 158 g/mol. The Bertz CT molecular complexity index is 146. The third-order valence-corrected chi connectivity index (χ3v) is 2.90. The number of methoxy groups -OCH3 is 1. The fraction of sp³-hybridized carbons (Fsp3) is 1.00. The molecule has 0 amide bonds. The molecule has 2 heteroatoms. The summed E-state index contributed by atoms with van der Waals surface area (Å²) in [5, 5.41) is 10.1. The molecule has 2 atom stereocenters. The van der Waals surface area contributed by atoms with Gasteiger partial charge in [-0.3, -0.25) is 0 Å². The zero-order chi connectivity index (χ0) is 8.70. The van der Waals surface area contributed by atoms with E-state index in [0.29, 0.717) is 0 Å². The van der Waals surface area contributed by atoms with E-state index >= 15 is 0 Å². The summed E-state index contributed by atoms with van der Waals surface area (Å²) in [6, 6.07) is 0. The molecule has 1 N–H and O–H groups in total. The molecule has 11 heavy (non-hydrogen) atoms. The van der Waals surface area contributed by atoms with Crippen LogP contribution in [-0.2, 0) is 4.74 Å². The fourth-order valence-corrected chi connectivity index (χ4v) is 1.71. The molecule has 1 aliphatic rings. The average Bonchev–Trinajstić information content (AvgIpc) is 1.83. The Morgan fingerprint density at radius 2 is 2.00 bits per heavy atom. The van der Waals surface area contributed by atoms with Gasteiger partial charge in [-0.1, -0.05) is 20.8 Å². The molecule has 0 aliphatic heterocycles. The molecule has 0 bridgehead atoms. The van der Waals surface area contributed by atoms with Crippen LogP contribution in [0.25, 0.3) is 0 Å². The summed E-state index contributed by atoms with van der Waals surface area (Å²) in [6.45, 7) is 6.16. The number of hydrogen-bond acceptors (Lipinski definition) is 2. The zero-order valence-electron chi connectivity index (χ0n) is 7.85. The molecule has 1 saturated carbocycles. The highest BCUT2D eigenvalue weighted by atomic mass is 16.5. The standard InChI is InChI=1S/C9H18O2/c1-8(2,3)9(10)6-5-7(9)11-4/h7,10H,5-6H2,1-4H3. The first kappa shape index (κ1) is 9.01. The normalized spacial score (nSPS) is 38.5. The smallest absolute Gasteiger partial charge is 0.0956 e. The summed E-state index contributed by atoms with van der Waals surface area (Å²) in [7, 11) is 1.67. The van der Waals surface area contributed by atoms with Crippen LogP contribution in [0.15, 0.2) is 0 Å². The molecular formula is C9H18O2. The maximum atomic E-state index is 10.1. The van der Waals surface area contributed by atoms with Crippen molar-refractivity contribution in [2.75, 3.05) is 7.11 Å². The van der Waals surface area contributed by atoms with Crippen LogP contribution < -0.4 is 0 Å². The fourth-order valence-electron chi connectivity index (χ4n) is 1.71. The first-order valence-corrected chi connectivity index (χ1v) is 4.17. The molecule has 1 aliphatic carbocycles. The van der Waals surface area contributed by atoms with Crippen molar-refractivity contribution in [1.29, 1.82) is 0 Å². The lowest BCUT2D eigenvalue weighted by molar-refractivity contribution is -0.212. The zero-order valence-corrected chi connectivity index (χ0v) is 7.85. The van der Waals surface area contributed by atoms with Crippen molar-refractivity contribution in [1.82, 2.24) is 0 Å². The van der Waals surface area contributed by atoms with E-state index in [0.717, 1.165) is 12.8 Å². The Morgan fingerprint density at radius 3 is 2.09 bits per heavy atom. The third-order valence-electron chi connectivity index (χ3n) is 2.90. The summed E-state index contributed by atoms with van der Waals surface area (Å²) >= 11 is 0. The summed E-state index contributed by atoms with van der Waals surface area (Å²) in [6.07, 6.45) is 1.90. The Balaban J connectivity index is 2.68. The molecule has 0 aromatic carbocycles. The molecule has 2 unspecified atom stereocenters. The first-order valence-electron chi connectivity index (χ1n) is 4.17. The van der Waals surface area contributed by atoms with Crippen LogP contribution in [-0.4, -0.2) is 23.9 Å². The van der Waals surface area contributed by atoms with E-state index in [9.17, 15) is 5.11 Å². The highest BCUT2D eigenvalue weighted by Crippen LogP contribution is 2.46.